The first kappa shape index (κ1) is 15.1. The summed E-state index contributed by atoms with van der Waals surface area (Å²) in [5.41, 5.74) is 2.06. The third-order valence-corrected chi connectivity index (χ3v) is 4.27. The maximum Gasteiger partial charge on any atom is 0.152 e. The van der Waals surface area contributed by atoms with Crippen LogP contribution in [0.1, 0.15) is 0 Å². The lowest BCUT2D eigenvalue weighted by Crippen LogP contribution is -1.89. The number of phenols is 1. The second kappa shape index (κ2) is 6.24. The van der Waals surface area contributed by atoms with E-state index in [4.69, 9.17) is 0 Å². The lowest BCUT2D eigenvalue weighted by molar-refractivity contribution is 0.483. The molecule has 0 heterocycles. The lowest BCUT2D eigenvalue weighted by Gasteiger charge is -2.09. The highest BCUT2D eigenvalue weighted by Gasteiger charge is 2.09. The molecule has 0 amide bonds. The van der Waals surface area contributed by atoms with Gasteiger partial charge in [-0.05, 0) is 40.4 Å². The summed E-state index contributed by atoms with van der Waals surface area (Å²) in [5, 5.41) is 26.2. The van der Waals surface area contributed by atoms with Crippen LogP contribution in [0, 0.1) is 0 Å². The Labute approximate surface area is 145 Å². The van der Waals surface area contributed by atoms with Crippen LogP contribution in [-0.2, 0) is 0 Å². The maximum absolute atomic E-state index is 10.6. The topological polar surface area (TPSA) is 57.0 Å². The number of benzene rings is 4. The van der Waals surface area contributed by atoms with Crippen molar-refractivity contribution in [1.29, 1.82) is 0 Å². The molecule has 4 aromatic rings. The van der Waals surface area contributed by atoms with Gasteiger partial charge in [0, 0.05) is 18.1 Å². The maximum atomic E-state index is 10.6. The number of fused-ring (bicyclic) bond motifs is 2. The van der Waals surface area contributed by atoms with E-state index in [2.05, 4.69) is 21.6 Å². The van der Waals surface area contributed by atoms with Crippen LogP contribution in [-0.4, -0.2) is 12.2 Å². The summed E-state index contributed by atoms with van der Waals surface area (Å²) >= 11 is 0. The van der Waals surface area contributed by atoms with Gasteiger partial charge in [0.25, 0.3) is 0 Å². The van der Waals surface area contributed by atoms with Crippen LogP contribution in [0.2, 0.25) is 0 Å². The molecule has 2 N–H and O–H groups in total. The summed E-state index contributed by atoms with van der Waals surface area (Å²) in [6.45, 7) is 0. The van der Waals surface area contributed by atoms with Crippen molar-refractivity contribution in [2.75, 3.05) is 12.4 Å². The molecule has 0 radical (unpaired) electrons. The van der Waals surface area contributed by atoms with Gasteiger partial charge < -0.3 is 10.4 Å². The molecule has 25 heavy (non-hydrogen) atoms. The van der Waals surface area contributed by atoms with Gasteiger partial charge in [0.05, 0.1) is 5.69 Å². The Balaban J connectivity index is 1.76. The number of nitrogens with zero attached hydrogens (tertiary/aromatic N) is 2. The van der Waals surface area contributed by atoms with E-state index in [9.17, 15) is 5.11 Å². The van der Waals surface area contributed by atoms with Crippen LogP contribution < -0.4 is 5.32 Å². The summed E-state index contributed by atoms with van der Waals surface area (Å²) in [5.74, 6) is 0.131. The van der Waals surface area contributed by atoms with E-state index in [1.54, 1.807) is 6.07 Å². The summed E-state index contributed by atoms with van der Waals surface area (Å²) in [6.07, 6.45) is 0. The van der Waals surface area contributed by atoms with Crippen molar-refractivity contribution < 1.29 is 5.11 Å². The van der Waals surface area contributed by atoms with Crippen molar-refractivity contribution in [3.8, 4) is 5.75 Å². The first-order chi connectivity index (χ1) is 12.3. The summed E-state index contributed by atoms with van der Waals surface area (Å²) < 4.78 is 0. The van der Waals surface area contributed by atoms with Crippen molar-refractivity contribution in [3.63, 3.8) is 0 Å². The quantitative estimate of drug-likeness (QED) is 0.443. The molecule has 0 unspecified atom stereocenters. The monoisotopic (exact) mass is 327 g/mol. The number of anilines is 1. The fourth-order valence-corrected chi connectivity index (χ4v) is 2.99. The average molecular weight is 327 g/mol. The zero-order valence-corrected chi connectivity index (χ0v) is 13.8. The van der Waals surface area contributed by atoms with Crippen molar-refractivity contribution >= 4 is 38.6 Å². The van der Waals surface area contributed by atoms with Crippen LogP contribution in [0.3, 0.4) is 0 Å². The van der Waals surface area contributed by atoms with E-state index >= 15 is 0 Å². The predicted molar refractivity (Wildman–Crippen MR) is 103 cm³/mol. The van der Waals surface area contributed by atoms with Crippen molar-refractivity contribution in [2.24, 2.45) is 10.2 Å². The smallest absolute Gasteiger partial charge is 0.152 e. The summed E-state index contributed by atoms with van der Waals surface area (Å²) in [7, 11) is 1.83. The van der Waals surface area contributed by atoms with Crippen LogP contribution in [0.5, 0.6) is 5.75 Å². The largest absolute Gasteiger partial charge is 0.505 e. The van der Waals surface area contributed by atoms with E-state index in [0.717, 1.165) is 32.9 Å². The van der Waals surface area contributed by atoms with Gasteiger partial charge in [0.1, 0.15) is 5.69 Å². The molecule has 4 aromatic carbocycles. The number of hydrogen-bond donors (Lipinski definition) is 2. The van der Waals surface area contributed by atoms with Crippen LogP contribution >= 0.6 is 0 Å². The van der Waals surface area contributed by atoms with Gasteiger partial charge in [0.2, 0.25) is 0 Å². The second-order valence-electron chi connectivity index (χ2n) is 5.82. The van der Waals surface area contributed by atoms with E-state index in [0.29, 0.717) is 5.69 Å². The van der Waals surface area contributed by atoms with Crippen LogP contribution in [0.15, 0.2) is 83.0 Å². The van der Waals surface area contributed by atoms with Gasteiger partial charge in [-0.2, -0.15) is 5.11 Å². The number of hydrogen-bond acceptors (Lipinski definition) is 4. The fourth-order valence-electron chi connectivity index (χ4n) is 2.99. The molecular formula is C21H17N3O. The number of nitrogens with one attached hydrogen (secondary N) is 1. The van der Waals surface area contributed by atoms with Gasteiger partial charge in [0.15, 0.2) is 5.75 Å². The average Bonchev–Trinajstić information content (AvgIpc) is 2.67. The molecular weight excluding hydrogens is 310 g/mol. The molecule has 122 valence electrons. The molecule has 0 saturated carbocycles. The number of phenolic OH excluding ortho intramolecular Hbond substituents is 1. The van der Waals surface area contributed by atoms with Crippen molar-refractivity contribution in [3.05, 3.63) is 72.8 Å². The molecule has 4 nitrogen and oxygen atoms in total. The summed E-state index contributed by atoms with van der Waals surface area (Å²) in [4.78, 5) is 0. The van der Waals surface area contributed by atoms with Gasteiger partial charge in [-0.1, -0.05) is 48.5 Å². The number of aromatic hydroxyl groups is 1. The van der Waals surface area contributed by atoms with Crippen molar-refractivity contribution in [1.82, 2.24) is 0 Å². The Morgan fingerprint density at radius 3 is 2.36 bits per heavy atom. The minimum absolute atomic E-state index is 0.131. The standard InChI is InChI=1S/C21H17N3O/c1-22-18-8-4-7-15-10-12-19(21(25)20(15)18)24-23-17-11-9-14-5-2-3-6-16(14)13-17/h2-13,22,25H,1H3. The molecule has 0 aliphatic heterocycles. The SMILES string of the molecule is CNc1cccc2ccc(N=Nc3ccc4ccccc4c3)c(O)c12. The Morgan fingerprint density at radius 2 is 1.52 bits per heavy atom. The van der Waals surface area contributed by atoms with Gasteiger partial charge in [-0.15, -0.1) is 5.11 Å². The normalized spacial score (nSPS) is 11.4. The Morgan fingerprint density at radius 1 is 0.760 bits per heavy atom. The van der Waals surface area contributed by atoms with Crippen LogP contribution in [0.4, 0.5) is 17.1 Å². The highest BCUT2D eigenvalue weighted by molar-refractivity contribution is 6.01. The van der Waals surface area contributed by atoms with E-state index in [-0.39, 0.29) is 5.75 Å². The summed E-state index contributed by atoms with van der Waals surface area (Å²) in [6, 6.07) is 23.6. The zero-order valence-electron chi connectivity index (χ0n) is 13.8. The minimum Gasteiger partial charge on any atom is -0.505 e. The molecule has 0 aliphatic rings. The highest BCUT2D eigenvalue weighted by atomic mass is 16.3. The van der Waals surface area contributed by atoms with E-state index in [1.165, 1.54) is 0 Å². The van der Waals surface area contributed by atoms with E-state index in [1.807, 2.05) is 67.7 Å². The molecule has 0 spiro atoms. The van der Waals surface area contributed by atoms with Crippen LogP contribution in [0.25, 0.3) is 21.5 Å². The molecule has 4 rings (SSSR count). The Kier molecular flexibility index (Phi) is 3.78. The Bertz CT molecular complexity index is 1100. The second-order valence-corrected chi connectivity index (χ2v) is 5.82. The zero-order chi connectivity index (χ0) is 17.2. The lowest BCUT2D eigenvalue weighted by atomic mass is 10.1. The third kappa shape index (κ3) is 2.78. The Hall–Kier alpha value is -3.40. The van der Waals surface area contributed by atoms with Gasteiger partial charge in [-0.25, -0.2) is 0 Å². The number of rotatable bonds is 3. The molecule has 0 atom stereocenters. The minimum atomic E-state index is 0.131. The number of azo groups is 1. The van der Waals surface area contributed by atoms with Gasteiger partial charge in [-0.3, -0.25) is 0 Å². The molecule has 0 bridgehead atoms. The fraction of sp³-hybridized carbons (Fsp3) is 0.0476. The first-order valence-electron chi connectivity index (χ1n) is 8.09. The predicted octanol–water partition coefficient (Wildman–Crippen LogP) is 6.16. The highest BCUT2D eigenvalue weighted by Crippen LogP contribution is 2.39. The molecule has 0 saturated heterocycles. The third-order valence-electron chi connectivity index (χ3n) is 4.27. The van der Waals surface area contributed by atoms with Gasteiger partial charge >= 0.3 is 0 Å². The van der Waals surface area contributed by atoms with Crippen molar-refractivity contribution in [2.45, 2.75) is 0 Å². The first-order valence-corrected chi connectivity index (χ1v) is 8.09. The molecule has 4 heteroatoms. The molecule has 0 aromatic heterocycles. The molecule has 0 aliphatic carbocycles. The van der Waals surface area contributed by atoms with E-state index < -0.39 is 0 Å². The molecule has 0 fully saturated rings.